The molecule has 0 N–H and O–H groups in total. The first-order valence-electron chi connectivity index (χ1n) is 4.64. The molecular formula is C11H6ClF3N2. The lowest BCUT2D eigenvalue weighted by molar-refractivity contribution is 0.151. The summed E-state index contributed by atoms with van der Waals surface area (Å²) in [6.07, 6.45) is -1.44. The van der Waals surface area contributed by atoms with Gasteiger partial charge in [0, 0.05) is 11.1 Å². The van der Waals surface area contributed by atoms with E-state index in [4.69, 9.17) is 11.6 Å². The molecule has 2 rings (SSSR count). The Morgan fingerprint density at radius 2 is 1.71 bits per heavy atom. The molecule has 17 heavy (non-hydrogen) atoms. The van der Waals surface area contributed by atoms with E-state index in [0.29, 0.717) is 5.56 Å². The molecule has 0 aliphatic rings. The van der Waals surface area contributed by atoms with E-state index >= 15 is 0 Å². The van der Waals surface area contributed by atoms with Crippen LogP contribution in [0.3, 0.4) is 0 Å². The van der Waals surface area contributed by atoms with Gasteiger partial charge in [0.15, 0.2) is 11.0 Å². The summed E-state index contributed by atoms with van der Waals surface area (Å²) in [5, 5.41) is -0.298. The molecule has 0 bridgehead atoms. The summed E-state index contributed by atoms with van der Waals surface area (Å²) >= 11 is 5.50. The first-order valence-corrected chi connectivity index (χ1v) is 5.02. The average molecular weight is 259 g/mol. The Labute approximate surface area is 100 Å². The van der Waals surface area contributed by atoms with Gasteiger partial charge in [-0.2, -0.15) is 0 Å². The zero-order chi connectivity index (χ0) is 12.4. The molecule has 0 fully saturated rings. The van der Waals surface area contributed by atoms with Gasteiger partial charge in [-0.25, -0.2) is 23.1 Å². The van der Waals surface area contributed by atoms with Crippen molar-refractivity contribution in [2.24, 2.45) is 0 Å². The summed E-state index contributed by atoms with van der Waals surface area (Å²) in [5.74, 6) is -0.765. The fourth-order valence-electron chi connectivity index (χ4n) is 1.34. The van der Waals surface area contributed by atoms with Crippen molar-refractivity contribution < 1.29 is 13.2 Å². The lowest BCUT2D eigenvalue weighted by Crippen LogP contribution is -1.93. The van der Waals surface area contributed by atoms with Crippen LogP contribution in [0.1, 0.15) is 12.0 Å². The molecule has 2 aromatic rings. The molecule has 0 saturated carbocycles. The maximum Gasteiger partial charge on any atom is 0.263 e. The van der Waals surface area contributed by atoms with Gasteiger partial charge in [0.2, 0.25) is 0 Å². The van der Waals surface area contributed by atoms with E-state index in [1.165, 1.54) is 24.3 Å². The van der Waals surface area contributed by atoms with Gasteiger partial charge in [0.05, 0.1) is 0 Å². The Kier molecular flexibility index (Phi) is 3.28. The smallest absolute Gasteiger partial charge is 0.233 e. The highest BCUT2D eigenvalue weighted by atomic mass is 35.5. The quantitative estimate of drug-likeness (QED) is 0.764. The maximum atomic E-state index is 13.5. The summed E-state index contributed by atoms with van der Waals surface area (Å²) in [5.41, 5.74) is 0.233. The van der Waals surface area contributed by atoms with E-state index in [1.54, 1.807) is 0 Å². The molecule has 1 aromatic heterocycles. The van der Waals surface area contributed by atoms with Crippen LogP contribution < -0.4 is 0 Å². The Bertz CT molecular complexity index is 529. The van der Waals surface area contributed by atoms with Crippen LogP contribution in [0.25, 0.3) is 11.3 Å². The third-order valence-corrected chi connectivity index (χ3v) is 2.45. The van der Waals surface area contributed by atoms with Crippen molar-refractivity contribution in [2.45, 2.75) is 6.43 Å². The molecule has 0 amide bonds. The van der Waals surface area contributed by atoms with Crippen LogP contribution in [0.15, 0.2) is 30.6 Å². The zero-order valence-corrected chi connectivity index (χ0v) is 9.13. The Morgan fingerprint density at radius 3 is 2.29 bits per heavy atom. The largest absolute Gasteiger partial charge is 0.263 e. The van der Waals surface area contributed by atoms with Crippen LogP contribution in [-0.2, 0) is 0 Å². The van der Waals surface area contributed by atoms with Crippen LogP contribution in [-0.4, -0.2) is 9.97 Å². The van der Waals surface area contributed by atoms with Gasteiger partial charge in [-0.3, -0.25) is 0 Å². The molecule has 1 aromatic carbocycles. The van der Waals surface area contributed by atoms with Crippen LogP contribution in [0, 0.1) is 5.82 Å². The summed E-state index contributed by atoms with van der Waals surface area (Å²) in [6.45, 7) is 0. The van der Waals surface area contributed by atoms with Crippen molar-refractivity contribution in [3.63, 3.8) is 0 Å². The maximum absolute atomic E-state index is 13.5. The summed E-state index contributed by atoms with van der Waals surface area (Å²) in [6, 6.07) is 5.16. The molecule has 0 unspecified atom stereocenters. The van der Waals surface area contributed by atoms with Crippen LogP contribution in [0.5, 0.6) is 0 Å². The van der Waals surface area contributed by atoms with E-state index in [9.17, 15) is 13.2 Å². The third kappa shape index (κ3) is 2.39. The number of halogens is 4. The van der Waals surface area contributed by atoms with Crippen LogP contribution in [0.4, 0.5) is 13.2 Å². The molecule has 1 heterocycles. The monoisotopic (exact) mass is 258 g/mol. The SMILES string of the molecule is Fc1c(Cl)ncnc1-c1ccc(C(F)F)cc1. The standard InChI is InChI=1S/C11H6ClF3N2/c12-10-8(13)9(16-5-17-10)6-1-3-7(4-2-6)11(14)15/h1-5,11H. The fraction of sp³-hybridized carbons (Fsp3) is 0.0909. The molecule has 2 nitrogen and oxygen atoms in total. The molecule has 0 atom stereocenters. The van der Waals surface area contributed by atoms with E-state index in [2.05, 4.69) is 9.97 Å². The summed E-state index contributed by atoms with van der Waals surface area (Å²) in [7, 11) is 0. The van der Waals surface area contributed by atoms with Gasteiger partial charge in [-0.05, 0) is 0 Å². The fourth-order valence-corrected chi connectivity index (χ4v) is 1.47. The number of hydrogen-bond acceptors (Lipinski definition) is 2. The van der Waals surface area contributed by atoms with Gasteiger partial charge < -0.3 is 0 Å². The second-order valence-corrected chi connectivity index (χ2v) is 3.61. The number of aromatic nitrogens is 2. The van der Waals surface area contributed by atoms with Gasteiger partial charge >= 0.3 is 0 Å². The van der Waals surface area contributed by atoms with Gasteiger partial charge in [0.1, 0.15) is 12.0 Å². The van der Waals surface area contributed by atoms with Crippen molar-refractivity contribution in [1.82, 2.24) is 9.97 Å². The summed E-state index contributed by atoms with van der Waals surface area (Å²) in [4.78, 5) is 7.20. The lowest BCUT2D eigenvalue weighted by Gasteiger charge is -2.04. The van der Waals surface area contributed by atoms with Crippen molar-refractivity contribution >= 4 is 11.6 Å². The zero-order valence-electron chi connectivity index (χ0n) is 8.37. The van der Waals surface area contributed by atoms with E-state index in [1.807, 2.05) is 0 Å². The molecule has 88 valence electrons. The minimum Gasteiger partial charge on any atom is -0.233 e. The molecular weight excluding hydrogens is 253 g/mol. The van der Waals surface area contributed by atoms with Crippen molar-refractivity contribution in [1.29, 1.82) is 0 Å². The normalized spacial score (nSPS) is 10.9. The predicted octanol–water partition coefficient (Wildman–Crippen LogP) is 3.87. The average Bonchev–Trinajstić information content (AvgIpc) is 2.33. The second kappa shape index (κ2) is 4.71. The van der Waals surface area contributed by atoms with Crippen molar-refractivity contribution in [3.8, 4) is 11.3 Å². The third-order valence-electron chi connectivity index (χ3n) is 2.18. The first kappa shape index (κ1) is 11.9. The number of benzene rings is 1. The number of rotatable bonds is 2. The van der Waals surface area contributed by atoms with Gasteiger partial charge in [0.25, 0.3) is 6.43 Å². The predicted molar refractivity (Wildman–Crippen MR) is 57.4 cm³/mol. The molecule has 0 radical (unpaired) electrons. The van der Waals surface area contributed by atoms with E-state index in [-0.39, 0.29) is 16.4 Å². The van der Waals surface area contributed by atoms with Crippen LogP contribution in [0.2, 0.25) is 5.15 Å². The second-order valence-electron chi connectivity index (χ2n) is 3.25. The van der Waals surface area contributed by atoms with E-state index in [0.717, 1.165) is 6.33 Å². The highest BCUT2D eigenvalue weighted by Crippen LogP contribution is 2.26. The van der Waals surface area contributed by atoms with Crippen molar-refractivity contribution in [3.05, 3.63) is 47.1 Å². The minimum absolute atomic E-state index is 0.00850. The molecule has 0 aliphatic heterocycles. The molecule has 0 saturated heterocycles. The Balaban J connectivity index is 2.43. The lowest BCUT2D eigenvalue weighted by atomic mass is 10.1. The summed E-state index contributed by atoms with van der Waals surface area (Å²) < 4.78 is 38.2. The number of nitrogens with zero attached hydrogens (tertiary/aromatic N) is 2. The highest BCUT2D eigenvalue weighted by molar-refractivity contribution is 6.29. The van der Waals surface area contributed by atoms with Gasteiger partial charge in [-0.1, -0.05) is 35.9 Å². The number of alkyl halides is 2. The Hall–Kier alpha value is -1.62. The highest BCUT2D eigenvalue weighted by Gasteiger charge is 2.12. The minimum atomic E-state index is -2.55. The van der Waals surface area contributed by atoms with Crippen LogP contribution >= 0.6 is 11.6 Å². The molecule has 0 aliphatic carbocycles. The molecule has 6 heteroatoms. The first-order chi connectivity index (χ1) is 8.09. The van der Waals surface area contributed by atoms with E-state index < -0.39 is 12.2 Å². The topological polar surface area (TPSA) is 25.8 Å². The number of hydrogen-bond donors (Lipinski definition) is 0. The Morgan fingerprint density at radius 1 is 1.06 bits per heavy atom. The van der Waals surface area contributed by atoms with Gasteiger partial charge in [-0.15, -0.1) is 0 Å². The van der Waals surface area contributed by atoms with Crippen molar-refractivity contribution in [2.75, 3.05) is 0 Å². The molecule has 0 spiro atoms.